The average Bonchev–Trinajstić information content (AvgIpc) is 2.46. The Hall–Kier alpha value is -1.11. The molecule has 0 bridgehead atoms. The van der Waals surface area contributed by atoms with Gasteiger partial charge in [-0.3, -0.25) is 4.98 Å². The van der Waals surface area contributed by atoms with Gasteiger partial charge in [-0.15, -0.1) is 0 Å². The zero-order valence-corrected chi connectivity index (χ0v) is 14.1. The van der Waals surface area contributed by atoms with Crippen molar-refractivity contribution in [3.63, 3.8) is 0 Å². The van der Waals surface area contributed by atoms with Crippen LogP contribution in [0.2, 0.25) is 0 Å². The second-order valence-corrected chi connectivity index (χ2v) is 7.43. The maximum absolute atomic E-state index is 5.19. The van der Waals surface area contributed by atoms with E-state index in [4.69, 9.17) is 4.98 Å². The van der Waals surface area contributed by atoms with E-state index in [1.165, 1.54) is 61.9 Å². The van der Waals surface area contributed by atoms with E-state index in [2.05, 4.69) is 33.8 Å². The lowest BCUT2D eigenvalue weighted by atomic mass is 9.79. The molecule has 1 heteroatoms. The average molecular weight is 283 g/mol. The highest BCUT2D eigenvalue weighted by Crippen LogP contribution is 2.38. The van der Waals surface area contributed by atoms with E-state index >= 15 is 0 Å². The zero-order valence-electron chi connectivity index (χ0n) is 14.1. The number of allylic oxidation sites excluding steroid dienone is 2. The summed E-state index contributed by atoms with van der Waals surface area (Å²) in [7, 11) is 0. The first kappa shape index (κ1) is 14.8. The van der Waals surface area contributed by atoms with Crippen LogP contribution in [0.5, 0.6) is 0 Å². The maximum Gasteiger partial charge on any atom is 0.0696 e. The summed E-state index contributed by atoms with van der Waals surface area (Å²) in [6, 6.07) is 0. The Kier molecular flexibility index (Phi) is 4.19. The number of pyridine rings is 1. The minimum absolute atomic E-state index is 0.546. The first-order valence-corrected chi connectivity index (χ1v) is 8.83. The number of fused-ring (bicyclic) bond motifs is 3. The van der Waals surface area contributed by atoms with Gasteiger partial charge in [0.2, 0.25) is 0 Å². The smallest absolute Gasteiger partial charge is 0.0696 e. The van der Waals surface area contributed by atoms with Crippen molar-refractivity contribution >= 4 is 5.57 Å². The number of hydrogen-bond donors (Lipinski definition) is 0. The summed E-state index contributed by atoms with van der Waals surface area (Å²) in [4.78, 5) is 5.19. The van der Waals surface area contributed by atoms with Crippen LogP contribution in [0.3, 0.4) is 0 Å². The molecule has 0 atom stereocenters. The molecule has 1 nitrogen and oxygen atoms in total. The first-order valence-electron chi connectivity index (χ1n) is 8.83. The van der Waals surface area contributed by atoms with Crippen molar-refractivity contribution in [1.82, 2.24) is 4.98 Å². The minimum atomic E-state index is 0.546. The van der Waals surface area contributed by atoms with E-state index in [0.717, 1.165) is 0 Å². The molecule has 0 N–H and O–H groups in total. The fraction of sp³-hybridized carbons (Fsp3) is 0.650. The predicted octanol–water partition coefficient (Wildman–Crippen LogP) is 5.46. The number of rotatable bonds is 2. The third-order valence-corrected chi connectivity index (χ3v) is 4.92. The molecule has 2 aliphatic rings. The molecule has 21 heavy (non-hydrogen) atoms. The highest BCUT2D eigenvalue weighted by atomic mass is 14.7. The largest absolute Gasteiger partial charge is 0.252 e. The first-order chi connectivity index (χ1) is 10.1. The van der Waals surface area contributed by atoms with E-state index in [1.807, 2.05) is 0 Å². The van der Waals surface area contributed by atoms with Gasteiger partial charge in [-0.1, -0.05) is 33.8 Å². The number of hydrogen-bond acceptors (Lipinski definition) is 1. The number of nitrogens with zero attached hydrogens (tertiary/aromatic N) is 1. The van der Waals surface area contributed by atoms with Gasteiger partial charge in [-0.2, -0.15) is 0 Å². The van der Waals surface area contributed by atoms with Gasteiger partial charge < -0.3 is 0 Å². The Morgan fingerprint density at radius 2 is 1.48 bits per heavy atom. The molecule has 114 valence electrons. The van der Waals surface area contributed by atoms with Crippen LogP contribution in [0, 0.1) is 5.92 Å². The lowest BCUT2D eigenvalue weighted by Crippen LogP contribution is -2.18. The Bertz CT molecular complexity index is 564. The zero-order chi connectivity index (χ0) is 15.0. The molecular formula is C20H29N. The molecule has 0 saturated carbocycles. The minimum Gasteiger partial charge on any atom is -0.252 e. The molecule has 0 amide bonds. The lowest BCUT2D eigenvalue weighted by Gasteiger charge is -2.29. The van der Waals surface area contributed by atoms with Crippen molar-refractivity contribution < 1.29 is 0 Å². The van der Waals surface area contributed by atoms with Crippen molar-refractivity contribution in [2.24, 2.45) is 5.92 Å². The summed E-state index contributed by atoms with van der Waals surface area (Å²) < 4.78 is 0. The van der Waals surface area contributed by atoms with Crippen LogP contribution in [0.25, 0.3) is 5.57 Å². The Balaban J connectivity index is 2.20. The van der Waals surface area contributed by atoms with Crippen LogP contribution in [-0.4, -0.2) is 4.98 Å². The highest BCUT2D eigenvalue weighted by Gasteiger charge is 2.26. The quantitative estimate of drug-likeness (QED) is 0.702. The van der Waals surface area contributed by atoms with E-state index < -0.39 is 0 Å². The van der Waals surface area contributed by atoms with Gasteiger partial charge in [0.05, 0.1) is 5.69 Å². The topological polar surface area (TPSA) is 12.9 Å². The van der Waals surface area contributed by atoms with Gasteiger partial charge in [-0.05, 0) is 79.0 Å². The Morgan fingerprint density at radius 3 is 2.14 bits per heavy atom. The summed E-state index contributed by atoms with van der Waals surface area (Å²) in [5.41, 5.74) is 9.16. The maximum atomic E-state index is 5.19. The third kappa shape index (κ3) is 2.80. The van der Waals surface area contributed by atoms with E-state index in [-0.39, 0.29) is 0 Å². The van der Waals surface area contributed by atoms with E-state index in [1.54, 1.807) is 16.7 Å². The molecule has 0 fully saturated rings. The van der Waals surface area contributed by atoms with Crippen molar-refractivity contribution in [2.45, 2.75) is 78.6 Å². The van der Waals surface area contributed by atoms with Crippen molar-refractivity contribution in [1.29, 1.82) is 0 Å². The molecular weight excluding hydrogens is 254 g/mol. The molecule has 0 radical (unpaired) electrons. The van der Waals surface area contributed by atoms with Crippen molar-refractivity contribution in [3.8, 4) is 0 Å². The SMILES string of the molecule is CC(C)/C=C1/CCCc2c1nc(C(C)C)c1c2CCCC1. The lowest BCUT2D eigenvalue weighted by molar-refractivity contribution is 0.641. The van der Waals surface area contributed by atoms with Crippen LogP contribution in [0.15, 0.2) is 6.08 Å². The summed E-state index contributed by atoms with van der Waals surface area (Å²) in [6.45, 7) is 9.17. The Morgan fingerprint density at radius 1 is 0.810 bits per heavy atom. The van der Waals surface area contributed by atoms with Gasteiger partial charge >= 0.3 is 0 Å². The third-order valence-electron chi connectivity index (χ3n) is 4.92. The predicted molar refractivity (Wildman–Crippen MR) is 90.7 cm³/mol. The molecule has 1 aromatic heterocycles. The van der Waals surface area contributed by atoms with E-state index in [9.17, 15) is 0 Å². The van der Waals surface area contributed by atoms with Gasteiger partial charge in [0, 0.05) is 5.69 Å². The van der Waals surface area contributed by atoms with Crippen LogP contribution >= 0.6 is 0 Å². The molecule has 1 heterocycles. The van der Waals surface area contributed by atoms with Crippen molar-refractivity contribution in [3.05, 3.63) is 34.2 Å². The summed E-state index contributed by atoms with van der Waals surface area (Å²) >= 11 is 0. The highest BCUT2D eigenvalue weighted by molar-refractivity contribution is 5.69. The van der Waals surface area contributed by atoms with Gasteiger partial charge in [0.25, 0.3) is 0 Å². The molecule has 0 saturated heterocycles. The van der Waals surface area contributed by atoms with Gasteiger partial charge in [0.15, 0.2) is 0 Å². The molecule has 2 aliphatic carbocycles. The molecule has 0 spiro atoms. The van der Waals surface area contributed by atoms with Crippen LogP contribution < -0.4 is 0 Å². The molecule has 1 aromatic rings. The monoisotopic (exact) mass is 283 g/mol. The second-order valence-electron chi connectivity index (χ2n) is 7.43. The Labute approximate surface area is 129 Å². The van der Waals surface area contributed by atoms with Crippen molar-refractivity contribution in [2.75, 3.05) is 0 Å². The normalized spacial score (nSPS) is 20.0. The second kappa shape index (κ2) is 5.94. The molecule has 0 aliphatic heterocycles. The molecule has 0 unspecified atom stereocenters. The summed E-state index contributed by atoms with van der Waals surface area (Å²) in [5, 5.41) is 0. The van der Waals surface area contributed by atoms with Gasteiger partial charge in [-0.25, -0.2) is 0 Å². The standard InChI is InChI=1S/C20H29N/c1-13(2)12-15-8-7-11-18-16-9-5-6-10-17(16)19(14(3)4)21-20(15)18/h12-14H,5-11H2,1-4H3/b15-12-. The summed E-state index contributed by atoms with van der Waals surface area (Å²) in [5.74, 6) is 1.16. The molecule has 3 rings (SSSR count). The fourth-order valence-electron chi connectivity index (χ4n) is 4.07. The number of aromatic nitrogens is 1. The molecule has 0 aromatic carbocycles. The van der Waals surface area contributed by atoms with E-state index in [0.29, 0.717) is 11.8 Å². The van der Waals surface area contributed by atoms with Crippen LogP contribution in [0.1, 0.15) is 87.4 Å². The van der Waals surface area contributed by atoms with Crippen LogP contribution in [-0.2, 0) is 19.3 Å². The van der Waals surface area contributed by atoms with Gasteiger partial charge in [0.1, 0.15) is 0 Å². The van der Waals surface area contributed by atoms with Crippen LogP contribution in [0.4, 0.5) is 0 Å². The summed E-state index contributed by atoms with van der Waals surface area (Å²) in [6.07, 6.45) is 11.5. The fourth-order valence-corrected chi connectivity index (χ4v) is 4.07.